The lowest BCUT2D eigenvalue weighted by molar-refractivity contribution is 0.143. The molecule has 6 heteroatoms. The van der Waals surface area contributed by atoms with Gasteiger partial charge in [0.05, 0.1) is 5.52 Å². The van der Waals surface area contributed by atoms with Gasteiger partial charge in [-0.1, -0.05) is 30.0 Å². The SMILES string of the molecule is CSNc1nn(C)c2c(-c3ccc(C#CC(C)(C)O)nc3C)cccc12. The van der Waals surface area contributed by atoms with E-state index in [9.17, 15) is 5.11 Å². The molecule has 0 amide bonds. The number of benzene rings is 1. The van der Waals surface area contributed by atoms with Gasteiger partial charge >= 0.3 is 0 Å². The zero-order valence-electron chi connectivity index (χ0n) is 15.6. The van der Waals surface area contributed by atoms with Gasteiger partial charge in [-0.2, -0.15) is 5.10 Å². The van der Waals surface area contributed by atoms with Crippen molar-refractivity contribution < 1.29 is 5.11 Å². The smallest absolute Gasteiger partial charge is 0.165 e. The Morgan fingerprint density at radius 3 is 2.62 bits per heavy atom. The number of para-hydroxylation sites is 1. The Morgan fingerprint density at radius 1 is 1.19 bits per heavy atom. The monoisotopic (exact) mass is 366 g/mol. The van der Waals surface area contributed by atoms with Crippen molar-refractivity contribution >= 4 is 28.7 Å². The molecule has 3 rings (SSSR count). The van der Waals surface area contributed by atoms with Crippen molar-refractivity contribution in [2.45, 2.75) is 26.4 Å². The van der Waals surface area contributed by atoms with E-state index in [1.54, 1.807) is 13.8 Å². The van der Waals surface area contributed by atoms with E-state index in [0.29, 0.717) is 5.69 Å². The molecule has 2 aromatic heterocycles. The summed E-state index contributed by atoms with van der Waals surface area (Å²) in [6, 6.07) is 10.1. The lowest BCUT2D eigenvalue weighted by Crippen LogP contribution is -2.14. The summed E-state index contributed by atoms with van der Waals surface area (Å²) in [5, 5.41) is 15.4. The van der Waals surface area contributed by atoms with E-state index >= 15 is 0 Å². The Kier molecular flexibility index (Phi) is 4.94. The van der Waals surface area contributed by atoms with Gasteiger partial charge in [-0.3, -0.25) is 4.68 Å². The van der Waals surface area contributed by atoms with Crippen molar-refractivity contribution in [2.75, 3.05) is 11.0 Å². The maximum Gasteiger partial charge on any atom is 0.165 e. The fraction of sp³-hybridized carbons (Fsp3) is 0.300. The van der Waals surface area contributed by atoms with Crippen molar-refractivity contribution in [3.8, 4) is 23.0 Å². The number of anilines is 1. The summed E-state index contributed by atoms with van der Waals surface area (Å²) in [6.07, 6.45) is 1.98. The number of hydrogen-bond donors (Lipinski definition) is 2. The molecule has 134 valence electrons. The maximum absolute atomic E-state index is 9.76. The number of hydrogen-bond acceptors (Lipinski definition) is 5. The summed E-state index contributed by atoms with van der Waals surface area (Å²) in [7, 11) is 1.95. The van der Waals surface area contributed by atoms with Crippen LogP contribution in [0.1, 0.15) is 25.2 Å². The highest BCUT2D eigenvalue weighted by Gasteiger charge is 2.15. The Balaban J connectivity index is 2.11. The highest BCUT2D eigenvalue weighted by Crippen LogP contribution is 2.33. The van der Waals surface area contributed by atoms with E-state index in [0.717, 1.165) is 33.5 Å². The van der Waals surface area contributed by atoms with Crippen LogP contribution in [-0.4, -0.2) is 31.7 Å². The van der Waals surface area contributed by atoms with Crippen LogP contribution in [0.4, 0.5) is 5.82 Å². The third-order valence-electron chi connectivity index (χ3n) is 3.94. The van der Waals surface area contributed by atoms with Crippen molar-refractivity contribution in [1.29, 1.82) is 0 Å². The predicted octanol–water partition coefficient (Wildman–Crippen LogP) is 3.76. The third-order valence-corrected chi connectivity index (χ3v) is 4.33. The standard InChI is InChI=1S/C20H22N4OS/c1-13-15(10-9-14(21-13)11-12-20(2,3)25)16-7-6-8-17-18(16)24(4)22-19(17)23-26-5/h6-10,25H,1-5H3,(H,22,23). The van der Waals surface area contributed by atoms with E-state index < -0.39 is 5.60 Å². The van der Waals surface area contributed by atoms with Crippen molar-refractivity contribution in [1.82, 2.24) is 14.8 Å². The summed E-state index contributed by atoms with van der Waals surface area (Å²) in [4.78, 5) is 4.60. The van der Waals surface area contributed by atoms with Gasteiger partial charge in [0.25, 0.3) is 0 Å². The van der Waals surface area contributed by atoms with E-state index in [-0.39, 0.29) is 0 Å². The number of aliphatic hydroxyl groups is 1. The number of aromatic nitrogens is 3. The molecule has 26 heavy (non-hydrogen) atoms. The van der Waals surface area contributed by atoms with Crippen molar-refractivity contribution in [3.63, 3.8) is 0 Å². The van der Waals surface area contributed by atoms with Gasteiger partial charge in [0, 0.05) is 35.5 Å². The minimum Gasteiger partial charge on any atom is -0.378 e. The largest absolute Gasteiger partial charge is 0.378 e. The number of rotatable bonds is 3. The highest BCUT2D eigenvalue weighted by molar-refractivity contribution is 7.99. The van der Waals surface area contributed by atoms with Crippen LogP contribution < -0.4 is 4.72 Å². The van der Waals surface area contributed by atoms with Gasteiger partial charge in [0.15, 0.2) is 5.82 Å². The quantitative estimate of drug-likeness (QED) is 0.546. The van der Waals surface area contributed by atoms with Crippen molar-refractivity contribution in [3.05, 3.63) is 41.7 Å². The number of nitrogens with zero attached hydrogens (tertiary/aromatic N) is 3. The summed E-state index contributed by atoms with van der Waals surface area (Å²) < 4.78 is 5.13. The molecule has 0 saturated heterocycles. The molecule has 0 aliphatic heterocycles. The zero-order chi connectivity index (χ0) is 18.9. The summed E-state index contributed by atoms with van der Waals surface area (Å²) in [6.45, 7) is 5.29. The maximum atomic E-state index is 9.76. The Bertz CT molecular complexity index is 1020. The van der Waals surface area contributed by atoms with E-state index in [1.165, 1.54) is 11.9 Å². The summed E-state index contributed by atoms with van der Waals surface area (Å²) >= 11 is 1.52. The second kappa shape index (κ2) is 7.02. The first-order valence-corrected chi connectivity index (χ1v) is 9.51. The van der Waals surface area contributed by atoms with Crippen LogP contribution in [0.5, 0.6) is 0 Å². The fourth-order valence-electron chi connectivity index (χ4n) is 2.86. The minimum absolute atomic E-state index is 0.648. The first kappa shape index (κ1) is 18.3. The molecule has 0 saturated carbocycles. The molecule has 5 nitrogen and oxygen atoms in total. The van der Waals surface area contributed by atoms with Gasteiger partial charge in [-0.05, 0) is 44.9 Å². The predicted molar refractivity (Wildman–Crippen MR) is 109 cm³/mol. The van der Waals surface area contributed by atoms with Crippen LogP contribution in [0.3, 0.4) is 0 Å². The first-order valence-electron chi connectivity index (χ1n) is 8.28. The molecular weight excluding hydrogens is 344 g/mol. The molecule has 3 aromatic rings. The van der Waals surface area contributed by atoms with Crippen LogP contribution in [0.2, 0.25) is 0 Å². The highest BCUT2D eigenvalue weighted by atomic mass is 32.2. The second-order valence-electron chi connectivity index (χ2n) is 6.62. The zero-order valence-corrected chi connectivity index (χ0v) is 16.4. The lowest BCUT2D eigenvalue weighted by Gasteiger charge is -2.09. The molecule has 0 unspecified atom stereocenters. The van der Waals surface area contributed by atoms with E-state index in [2.05, 4.69) is 38.8 Å². The Morgan fingerprint density at radius 2 is 1.96 bits per heavy atom. The summed E-state index contributed by atoms with van der Waals surface area (Å²) in [5.74, 6) is 6.59. The molecule has 0 atom stereocenters. The Hall–Kier alpha value is -2.49. The molecule has 0 spiro atoms. The van der Waals surface area contributed by atoms with Crippen LogP contribution in [0.25, 0.3) is 22.0 Å². The number of aryl methyl sites for hydroxylation is 2. The van der Waals surface area contributed by atoms with Gasteiger partial charge in [0.2, 0.25) is 0 Å². The van der Waals surface area contributed by atoms with Gasteiger partial charge in [-0.15, -0.1) is 0 Å². The van der Waals surface area contributed by atoms with Gasteiger partial charge < -0.3 is 9.83 Å². The first-order chi connectivity index (χ1) is 12.3. The lowest BCUT2D eigenvalue weighted by atomic mass is 10.0. The molecule has 0 bridgehead atoms. The van der Waals surface area contributed by atoms with Crippen LogP contribution in [-0.2, 0) is 7.05 Å². The molecular formula is C20H22N4OS. The van der Waals surface area contributed by atoms with Crippen LogP contribution >= 0.6 is 11.9 Å². The molecule has 0 aliphatic carbocycles. The normalized spacial score (nSPS) is 11.3. The van der Waals surface area contributed by atoms with Crippen LogP contribution in [0.15, 0.2) is 30.3 Å². The van der Waals surface area contributed by atoms with E-state index in [1.807, 2.05) is 43.1 Å². The molecule has 1 aromatic carbocycles. The number of fused-ring (bicyclic) bond motifs is 1. The average Bonchev–Trinajstić information content (AvgIpc) is 2.89. The molecule has 0 aliphatic rings. The van der Waals surface area contributed by atoms with Gasteiger partial charge in [-0.25, -0.2) is 4.98 Å². The fourth-order valence-corrected chi connectivity index (χ4v) is 3.20. The van der Waals surface area contributed by atoms with E-state index in [4.69, 9.17) is 0 Å². The molecule has 2 heterocycles. The Labute approximate surface area is 158 Å². The second-order valence-corrected chi connectivity index (χ2v) is 7.23. The number of pyridine rings is 1. The van der Waals surface area contributed by atoms with Crippen LogP contribution in [0, 0.1) is 18.8 Å². The molecule has 0 fully saturated rings. The van der Waals surface area contributed by atoms with Crippen molar-refractivity contribution in [2.24, 2.45) is 7.05 Å². The number of nitrogens with one attached hydrogen (secondary N) is 1. The third kappa shape index (κ3) is 3.69. The minimum atomic E-state index is -1.03. The van der Waals surface area contributed by atoms with Gasteiger partial charge in [0.1, 0.15) is 11.3 Å². The topological polar surface area (TPSA) is 63.0 Å². The molecule has 2 N–H and O–H groups in total. The average molecular weight is 366 g/mol. The summed E-state index contributed by atoms with van der Waals surface area (Å²) in [5.41, 5.74) is 3.69. The molecule has 0 radical (unpaired) electrons.